The lowest BCUT2D eigenvalue weighted by molar-refractivity contribution is -0.116. The first kappa shape index (κ1) is 23.3. The van der Waals surface area contributed by atoms with Crippen LogP contribution in [-0.4, -0.2) is 32.2 Å². The Morgan fingerprint density at radius 2 is 1.44 bits per heavy atom. The summed E-state index contributed by atoms with van der Waals surface area (Å²) in [4.78, 5) is 18.6. The van der Waals surface area contributed by atoms with Crippen molar-refractivity contribution in [3.8, 4) is 38.9 Å². The lowest BCUT2D eigenvalue weighted by Crippen LogP contribution is -2.12. The number of benzene rings is 3. The van der Waals surface area contributed by atoms with E-state index in [1.165, 1.54) is 11.3 Å². The Balaban J connectivity index is 1.52. The van der Waals surface area contributed by atoms with Crippen LogP contribution in [0.3, 0.4) is 0 Å². The number of rotatable bonds is 9. The van der Waals surface area contributed by atoms with Crippen LogP contribution in [0.2, 0.25) is 0 Å². The summed E-state index contributed by atoms with van der Waals surface area (Å²) in [5, 5.41) is 3.55. The van der Waals surface area contributed by atoms with Crippen molar-refractivity contribution in [1.29, 1.82) is 0 Å². The summed E-state index contributed by atoms with van der Waals surface area (Å²) < 4.78 is 16.2. The second-order valence-corrected chi connectivity index (χ2v) is 8.51. The van der Waals surface area contributed by atoms with Crippen molar-refractivity contribution in [1.82, 2.24) is 4.98 Å². The highest BCUT2D eigenvalue weighted by atomic mass is 32.1. The van der Waals surface area contributed by atoms with Crippen LogP contribution in [0.25, 0.3) is 21.7 Å². The molecule has 6 nitrogen and oxygen atoms in total. The number of amides is 1. The topological polar surface area (TPSA) is 69.7 Å². The fourth-order valence-electron chi connectivity index (χ4n) is 3.67. The standard InChI is InChI=1S/C27H26N2O4S/c1-31-21-16-18(17-22(32-2)25(21)33-3)14-15-23(30)28-27-29-24(19-10-6-4-7-11-19)26(34-27)20-12-8-5-9-13-20/h4-13,16-17H,14-15H2,1-3H3,(H,28,29,30). The molecular formula is C27H26N2O4S. The molecule has 3 aromatic carbocycles. The van der Waals surface area contributed by atoms with Crippen molar-refractivity contribution >= 4 is 22.4 Å². The van der Waals surface area contributed by atoms with Gasteiger partial charge in [-0.15, -0.1) is 0 Å². The van der Waals surface area contributed by atoms with Gasteiger partial charge in [0.1, 0.15) is 0 Å². The molecular weight excluding hydrogens is 448 g/mol. The number of carbonyl (C=O) groups excluding carboxylic acids is 1. The van der Waals surface area contributed by atoms with E-state index in [0.717, 1.165) is 27.3 Å². The third-order valence-corrected chi connectivity index (χ3v) is 6.34. The molecule has 0 aliphatic carbocycles. The van der Waals surface area contributed by atoms with E-state index in [4.69, 9.17) is 19.2 Å². The summed E-state index contributed by atoms with van der Waals surface area (Å²) in [5.41, 5.74) is 3.85. The molecule has 1 amide bonds. The SMILES string of the molecule is COc1cc(CCC(=O)Nc2nc(-c3ccccc3)c(-c3ccccc3)s2)cc(OC)c1OC. The second kappa shape index (κ2) is 10.9. The Labute approximate surface area is 203 Å². The van der Waals surface area contributed by atoms with Crippen LogP contribution in [0, 0.1) is 0 Å². The molecule has 0 radical (unpaired) electrons. The molecule has 0 fully saturated rings. The van der Waals surface area contributed by atoms with Crippen molar-refractivity contribution in [3.05, 3.63) is 78.4 Å². The van der Waals surface area contributed by atoms with Crippen molar-refractivity contribution in [2.45, 2.75) is 12.8 Å². The first-order chi connectivity index (χ1) is 16.6. The van der Waals surface area contributed by atoms with Crippen LogP contribution in [-0.2, 0) is 11.2 Å². The van der Waals surface area contributed by atoms with E-state index in [2.05, 4.69) is 17.4 Å². The third-order valence-electron chi connectivity index (χ3n) is 5.32. The van der Waals surface area contributed by atoms with Gasteiger partial charge >= 0.3 is 0 Å². The Kier molecular flexibility index (Phi) is 7.44. The van der Waals surface area contributed by atoms with E-state index < -0.39 is 0 Å². The van der Waals surface area contributed by atoms with E-state index in [-0.39, 0.29) is 5.91 Å². The second-order valence-electron chi connectivity index (χ2n) is 7.51. The van der Waals surface area contributed by atoms with Crippen LogP contribution in [0.5, 0.6) is 17.2 Å². The predicted molar refractivity (Wildman–Crippen MR) is 136 cm³/mol. The maximum absolute atomic E-state index is 12.8. The number of aromatic nitrogens is 1. The number of hydrogen-bond acceptors (Lipinski definition) is 6. The highest BCUT2D eigenvalue weighted by molar-refractivity contribution is 7.19. The van der Waals surface area contributed by atoms with Crippen LogP contribution < -0.4 is 19.5 Å². The molecule has 0 atom stereocenters. The third kappa shape index (κ3) is 5.21. The molecule has 4 rings (SSSR count). The monoisotopic (exact) mass is 474 g/mol. The van der Waals surface area contributed by atoms with Gasteiger partial charge in [-0.05, 0) is 29.7 Å². The minimum absolute atomic E-state index is 0.110. The zero-order chi connectivity index (χ0) is 23.9. The highest BCUT2D eigenvalue weighted by Crippen LogP contribution is 2.40. The summed E-state index contributed by atoms with van der Waals surface area (Å²) in [6.07, 6.45) is 0.810. The summed E-state index contributed by atoms with van der Waals surface area (Å²) in [6.45, 7) is 0. The summed E-state index contributed by atoms with van der Waals surface area (Å²) >= 11 is 1.47. The first-order valence-corrected chi connectivity index (χ1v) is 11.6. The molecule has 0 bridgehead atoms. The average molecular weight is 475 g/mol. The Hall–Kier alpha value is -3.84. The van der Waals surface area contributed by atoms with Crippen LogP contribution in [0.15, 0.2) is 72.8 Å². The molecule has 7 heteroatoms. The molecule has 0 aliphatic heterocycles. The van der Waals surface area contributed by atoms with Gasteiger partial charge in [0.05, 0.1) is 31.9 Å². The number of nitrogens with one attached hydrogen (secondary N) is 1. The number of aryl methyl sites for hydroxylation is 1. The molecule has 0 saturated heterocycles. The largest absolute Gasteiger partial charge is 0.493 e. The summed E-state index contributed by atoms with van der Waals surface area (Å²) in [5.74, 6) is 1.55. The Morgan fingerprint density at radius 1 is 0.853 bits per heavy atom. The van der Waals surface area contributed by atoms with E-state index >= 15 is 0 Å². The van der Waals surface area contributed by atoms with Gasteiger partial charge < -0.3 is 19.5 Å². The quantitative estimate of drug-likeness (QED) is 0.319. The van der Waals surface area contributed by atoms with Gasteiger partial charge in [-0.2, -0.15) is 0 Å². The van der Waals surface area contributed by atoms with Gasteiger partial charge in [0.2, 0.25) is 11.7 Å². The number of anilines is 1. The molecule has 0 aliphatic rings. The van der Waals surface area contributed by atoms with Crippen LogP contribution in [0.1, 0.15) is 12.0 Å². The van der Waals surface area contributed by atoms with Gasteiger partial charge in [0.25, 0.3) is 0 Å². The lowest BCUT2D eigenvalue weighted by atomic mass is 10.1. The maximum Gasteiger partial charge on any atom is 0.226 e. The average Bonchev–Trinajstić information content (AvgIpc) is 3.31. The first-order valence-electron chi connectivity index (χ1n) is 10.8. The van der Waals surface area contributed by atoms with Gasteiger partial charge in [-0.1, -0.05) is 72.0 Å². The molecule has 1 aromatic heterocycles. The fourth-order valence-corrected chi connectivity index (χ4v) is 4.68. The number of methoxy groups -OCH3 is 3. The van der Waals surface area contributed by atoms with E-state index in [0.29, 0.717) is 35.2 Å². The molecule has 174 valence electrons. The number of carbonyl (C=O) groups is 1. The predicted octanol–water partition coefficient (Wildman–Crippen LogP) is 6.07. The van der Waals surface area contributed by atoms with Crippen molar-refractivity contribution in [2.75, 3.05) is 26.6 Å². The zero-order valence-electron chi connectivity index (χ0n) is 19.3. The molecule has 1 N–H and O–H groups in total. The van der Waals surface area contributed by atoms with Crippen molar-refractivity contribution in [3.63, 3.8) is 0 Å². The van der Waals surface area contributed by atoms with Crippen LogP contribution >= 0.6 is 11.3 Å². The Bertz CT molecular complexity index is 1170. The minimum Gasteiger partial charge on any atom is -0.493 e. The van der Waals surface area contributed by atoms with Crippen molar-refractivity contribution in [2.24, 2.45) is 0 Å². The van der Waals surface area contributed by atoms with Gasteiger partial charge in [-0.25, -0.2) is 4.98 Å². The lowest BCUT2D eigenvalue weighted by Gasteiger charge is -2.14. The molecule has 4 aromatic rings. The van der Waals surface area contributed by atoms with Crippen molar-refractivity contribution < 1.29 is 19.0 Å². The molecule has 0 saturated carbocycles. The van der Waals surface area contributed by atoms with E-state index in [1.54, 1.807) is 21.3 Å². The zero-order valence-corrected chi connectivity index (χ0v) is 20.1. The molecule has 1 heterocycles. The molecule has 34 heavy (non-hydrogen) atoms. The highest BCUT2D eigenvalue weighted by Gasteiger charge is 2.17. The minimum atomic E-state index is -0.110. The van der Waals surface area contributed by atoms with Gasteiger partial charge in [0, 0.05) is 12.0 Å². The smallest absolute Gasteiger partial charge is 0.226 e. The summed E-state index contributed by atoms with van der Waals surface area (Å²) in [6, 6.07) is 23.8. The van der Waals surface area contributed by atoms with E-state index in [1.807, 2.05) is 60.7 Å². The maximum atomic E-state index is 12.8. The number of thiazole rings is 1. The van der Waals surface area contributed by atoms with Crippen LogP contribution in [0.4, 0.5) is 5.13 Å². The fraction of sp³-hybridized carbons (Fsp3) is 0.185. The van der Waals surface area contributed by atoms with Gasteiger partial charge in [0.15, 0.2) is 16.6 Å². The number of nitrogens with zero attached hydrogens (tertiary/aromatic N) is 1. The molecule has 0 spiro atoms. The van der Waals surface area contributed by atoms with E-state index in [9.17, 15) is 4.79 Å². The Morgan fingerprint density at radius 3 is 2.00 bits per heavy atom. The van der Waals surface area contributed by atoms with Gasteiger partial charge in [-0.3, -0.25) is 4.79 Å². The summed E-state index contributed by atoms with van der Waals surface area (Å²) in [7, 11) is 4.71. The normalized spacial score (nSPS) is 10.6. The number of ether oxygens (including phenoxy) is 3. The molecule has 0 unspecified atom stereocenters. The number of hydrogen-bond donors (Lipinski definition) is 1.